The van der Waals surface area contributed by atoms with Crippen LogP contribution >= 0.6 is 0 Å². The van der Waals surface area contributed by atoms with Crippen LogP contribution < -0.4 is 0 Å². The fourth-order valence-corrected chi connectivity index (χ4v) is 3.36. The average Bonchev–Trinajstić information content (AvgIpc) is 2.58. The molecule has 2 rings (SSSR count). The quantitative estimate of drug-likeness (QED) is 0.372. The van der Waals surface area contributed by atoms with Crippen LogP contribution in [0.15, 0.2) is 65.8 Å². The first-order valence-corrected chi connectivity index (χ1v) is 8.60. The summed E-state index contributed by atoms with van der Waals surface area (Å²) in [6.45, 7) is 7.86. The van der Waals surface area contributed by atoms with Crippen LogP contribution in [0.3, 0.4) is 0 Å². The SMILES string of the molecule is COC1C=C(C)C(O)(C=CC(C)=CC(=O)c2ccccc2)C(C)(C)C1. The first-order valence-electron chi connectivity index (χ1n) is 8.60. The predicted molar refractivity (Wildman–Crippen MR) is 102 cm³/mol. The lowest BCUT2D eigenvalue weighted by Gasteiger charge is -2.46. The van der Waals surface area contributed by atoms with Crippen molar-refractivity contribution in [1.82, 2.24) is 0 Å². The number of hydrogen-bond donors (Lipinski definition) is 1. The average molecular weight is 340 g/mol. The predicted octanol–water partition coefficient (Wildman–Crippen LogP) is 4.49. The Morgan fingerprint density at radius 2 is 1.92 bits per heavy atom. The van der Waals surface area contributed by atoms with Gasteiger partial charge < -0.3 is 9.84 Å². The van der Waals surface area contributed by atoms with E-state index in [1.165, 1.54) is 0 Å². The van der Waals surface area contributed by atoms with Gasteiger partial charge in [0.15, 0.2) is 5.78 Å². The van der Waals surface area contributed by atoms with Crippen LogP contribution in [0.5, 0.6) is 0 Å². The molecule has 0 amide bonds. The zero-order chi connectivity index (χ0) is 18.7. The van der Waals surface area contributed by atoms with E-state index in [0.29, 0.717) is 5.56 Å². The molecule has 25 heavy (non-hydrogen) atoms. The zero-order valence-corrected chi connectivity index (χ0v) is 15.7. The maximum atomic E-state index is 12.3. The third kappa shape index (κ3) is 4.17. The second-order valence-corrected chi connectivity index (χ2v) is 7.43. The van der Waals surface area contributed by atoms with Gasteiger partial charge in [-0.3, -0.25) is 4.79 Å². The normalized spacial score (nSPS) is 26.6. The molecule has 1 aromatic carbocycles. The topological polar surface area (TPSA) is 46.5 Å². The van der Waals surface area contributed by atoms with E-state index < -0.39 is 5.60 Å². The maximum absolute atomic E-state index is 12.3. The molecule has 3 nitrogen and oxygen atoms in total. The third-order valence-corrected chi connectivity index (χ3v) is 5.09. The number of ketones is 1. The Morgan fingerprint density at radius 3 is 2.48 bits per heavy atom. The molecule has 134 valence electrons. The van der Waals surface area contributed by atoms with E-state index in [1.54, 1.807) is 31.4 Å². The van der Waals surface area contributed by atoms with E-state index in [2.05, 4.69) is 0 Å². The number of benzene rings is 1. The van der Waals surface area contributed by atoms with Crippen LogP contribution in [-0.2, 0) is 4.74 Å². The number of hydrogen-bond acceptors (Lipinski definition) is 3. The molecule has 0 heterocycles. The van der Waals surface area contributed by atoms with Crippen molar-refractivity contribution in [2.45, 2.75) is 45.8 Å². The number of allylic oxidation sites excluding steroid dienone is 3. The fraction of sp³-hybridized carbons (Fsp3) is 0.409. The highest BCUT2D eigenvalue weighted by Gasteiger charge is 2.46. The summed E-state index contributed by atoms with van der Waals surface area (Å²) in [5.41, 5.74) is 0.902. The second-order valence-electron chi connectivity index (χ2n) is 7.43. The van der Waals surface area contributed by atoms with Crippen LogP contribution in [0.25, 0.3) is 0 Å². The van der Waals surface area contributed by atoms with E-state index in [9.17, 15) is 9.90 Å². The molecule has 1 aromatic rings. The van der Waals surface area contributed by atoms with Crippen molar-refractivity contribution in [3.05, 3.63) is 71.3 Å². The van der Waals surface area contributed by atoms with Crippen molar-refractivity contribution in [3.63, 3.8) is 0 Å². The molecule has 0 radical (unpaired) electrons. The number of rotatable bonds is 5. The van der Waals surface area contributed by atoms with Crippen molar-refractivity contribution in [2.24, 2.45) is 5.41 Å². The summed E-state index contributed by atoms with van der Waals surface area (Å²) in [6, 6.07) is 9.17. The summed E-state index contributed by atoms with van der Waals surface area (Å²) in [5.74, 6) is -0.0376. The highest BCUT2D eigenvalue weighted by molar-refractivity contribution is 6.05. The molecule has 0 saturated carbocycles. The van der Waals surface area contributed by atoms with Gasteiger partial charge in [0, 0.05) is 18.1 Å². The largest absolute Gasteiger partial charge is 0.381 e. The van der Waals surface area contributed by atoms with Gasteiger partial charge in [-0.25, -0.2) is 0 Å². The molecule has 0 bridgehead atoms. The van der Waals surface area contributed by atoms with Gasteiger partial charge >= 0.3 is 0 Å². The van der Waals surface area contributed by atoms with Gasteiger partial charge in [0.05, 0.1) is 6.10 Å². The van der Waals surface area contributed by atoms with Crippen molar-refractivity contribution in [2.75, 3.05) is 7.11 Å². The standard InChI is InChI=1S/C22H28O3/c1-16(13-20(23)18-9-7-6-8-10-18)11-12-22(24)17(2)14-19(25-5)15-21(22,3)4/h6-14,19,24H,15H2,1-5H3. The molecule has 1 N–H and O–H groups in total. The van der Waals surface area contributed by atoms with Gasteiger partial charge in [-0.15, -0.1) is 0 Å². The van der Waals surface area contributed by atoms with E-state index in [4.69, 9.17) is 4.74 Å². The second kappa shape index (κ2) is 7.51. The lowest BCUT2D eigenvalue weighted by molar-refractivity contribution is -0.0375. The molecule has 2 atom stereocenters. The highest BCUT2D eigenvalue weighted by Crippen LogP contribution is 2.45. The van der Waals surface area contributed by atoms with Crippen molar-refractivity contribution < 1.29 is 14.6 Å². The van der Waals surface area contributed by atoms with E-state index >= 15 is 0 Å². The molecular formula is C22H28O3. The summed E-state index contributed by atoms with van der Waals surface area (Å²) >= 11 is 0. The molecular weight excluding hydrogens is 312 g/mol. The van der Waals surface area contributed by atoms with E-state index in [-0.39, 0.29) is 17.3 Å². The van der Waals surface area contributed by atoms with Crippen LogP contribution in [0, 0.1) is 5.41 Å². The molecule has 3 heteroatoms. The maximum Gasteiger partial charge on any atom is 0.186 e. The van der Waals surface area contributed by atoms with Crippen molar-refractivity contribution in [1.29, 1.82) is 0 Å². The van der Waals surface area contributed by atoms with Gasteiger partial charge in [0.25, 0.3) is 0 Å². The Labute approximate surface area is 150 Å². The molecule has 0 aliphatic heterocycles. The van der Waals surface area contributed by atoms with Crippen LogP contribution in [0.2, 0.25) is 0 Å². The van der Waals surface area contributed by atoms with Gasteiger partial charge in [0.2, 0.25) is 0 Å². The molecule has 1 aliphatic rings. The van der Waals surface area contributed by atoms with Gasteiger partial charge in [-0.05, 0) is 43.6 Å². The van der Waals surface area contributed by atoms with Crippen LogP contribution in [0.1, 0.15) is 44.5 Å². The third-order valence-electron chi connectivity index (χ3n) is 5.09. The summed E-state index contributed by atoms with van der Waals surface area (Å²) in [7, 11) is 1.69. The number of carbonyl (C=O) groups is 1. The lowest BCUT2D eigenvalue weighted by atomic mass is 9.64. The fourth-order valence-electron chi connectivity index (χ4n) is 3.36. The summed E-state index contributed by atoms with van der Waals surface area (Å²) in [4.78, 5) is 12.3. The minimum absolute atomic E-state index is 0.0139. The van der Waals surface area contributed by atoms with Crippen molar-refractivity contribution >= 4 is 5.78 Å². The number of ether oxygens (including phenoxy) is 1. The van der Waals surface area contributed by atoms with Crippen molar-refractivity contribution in [3.8, 4) is 0 Å². The van der Waals surface area contributed by atoms with E-state index in [0.717, 1.165) is 17.6 Å². The Morgan fingerprint density at radius 1 is 1.28 bits per heavy atom. The summed E-state index contributed by atoms with van der Waals surface area (Å²) in [5, 5.41) is 11.3. The van der Waals surface area contributed by atoms with Crippen LogP contribution in [-0.4, -0.2) is 29.7 Å². The smallest absolute Gasteiger partial charge is 0.186 e. The lowest BCUT2D eigenvalue weighted by Crippen LogP contribution is -2.49. The zero-order valence-electron chi connectivity index (χ0n) is 15.7. The molecule has 0 saturated heterocycles. The first-order chi connectivity index (χ1) is 11.7. The summed E-state index contributed by atoms with van der Waals surface area (Å²) < 4.78 is 5.45. The van der Waals surface area contributed by atoms with Crippen LogP contribution in [0.4, 0.5) is 0 Å². The molecule has 0 spiro atoms. The Bertz CT molecular complexity index is 710. The van der Waals surface area contributed by atoms with Gasteiger partial charge in [-0.1, -0.05) is 56.3 Å². The molecule has 0 aromatic heterocycles. The monoisotopic (exact) mass is 340 g/mol. The van der Waals surface area contributed by atoms with Gasteiger partial charge in [0.1, 0.15) is 5.60 Å². The minimum Gasteiger partial charge on any atom is -0.381 e. The first kappa shape index (κ1) is 19.4. The highest BCUT2D eigenvalue weighted by atomic mass is 16.5. The minimum atomic E-state index is -1.06. The Kier molecular flexibility index (Phi) is 5.81. The number of aliphatic hydroxyl groups is 1. The summed E-state index contributed by atoms with van der Waals surface area (Å²) in [6.07, 6.45) is 7.95. The number of methoxy groups -OCH3 is 1. The number of carbonyl (C=O) groups excluding carboxylic acids is 1. The molecule has 0 fully saturated rings. The molecule has 1 aliphatic carbocycles. The Hall–Kier alpha value is -1.97. The van der Waals surface area contributed by atoms with E-state index in [1.807, 2.05) is 58.0 Å². The Balaban J connectivity index is 2.24. The van der Waals surface area contributed by atoms with Gasteiger partial charge in [-0.2, -0.15) is 0 Å². The molecule has 2 unspecified atom stereocenters.